The predicted octanol–water partition coefficient (Wildman–Crippen LogP) is 0.873. The fourth-order valence-corrected chi connectivity index (χ4v) is 1.05. The summed E-state index contributed by atoms with van der Waals surface area (Å²) in [7, 11) is 0. The van der Waals surface area contributed by atoms with Crippen LogP contribution in [0.25, 0.3) is 0 Å². The van der Waals surface area contributed by atoms with E-state index in [1.54, 1.807) is 0 Å². The minimum Gasteiger partial charge on any atom is -0.380 e. The summed E-state index contributed by atoms with van der Waals surface area (Å²) in [5.74, 6) is 5.76. The molecule has 0 aliphatic rings. The first-order valence-electron chi connectivity index (χ1n) is 5.24. The molecule has 0 rings (SSSR count). The Bertz CT molecular complexity index is 172. The molecular weight excluding hydrogens is 176 g/mol. The van der Waals surface area contributed by atoms with Crippen LogP contribution in [0.5, 0.6) is 0 Å². The van der Waals surface area contributed by atoms with Gasteiger partial charge in [0.15, 0.2) is 0 Å². The van der Waals surface area contributed by atoms with Crippen LogP contribution in [0.15, 0.2) is 0 Å². The molecule has 0 aromatic heterocycles. The van der Waals surface area contributed by atoms with Gasteiger partial charge in [-0.2, -0.15) is 0 Å². The number of unbranched alkanes of at least 4 members (excludes halogenated alkanes) is 2. The molecular formula is C11H22N2O. The van der Waals surface area contributed by atoms with Gasteiger partial charge in [0.25, 0.3) is 0 Å². The lowest BCUT2D eigenvalue weighted by molar-refractivity contribution is 0.118. The van der Waals surface area contributed by atoms with Crippen molar-refractivity contribution in [3.8, 4) is 11.8 Å². The van der Waals surface area contributed by atoms with Crippen LogP contribution >= 0.6 is 0 Å². The Morgan fingerprint density at radius 3 is 2.71 bits per heavy atom. The van der Waals surface area contributed by atoms with Crippen molar-refractivity contribution in [1.29, 1.82) is 0 Å². The molecule has 0 spiro atoms. The van der Waals surface area contributed by atoms with E-state index in [4.69, 9.17) is 16.2 Å². The molecule has 1 unspecified atom stereocenters. The number of hydrogen-bond donors (Lipinski definition) is 2. The van der Waals surface area contributed by atoms with Gasteiger partial charge in [-0.05, 0) is 32.7 Å². The average Bonchev–Trinajstić information content (AvgIpc) is 2.20. The van der Waals surface area contributed by atoms with Crippen molar-refractivity contribution in [1.82, 2.24) is 0 Å². The first kappa shape index (κ1) is 13.4. The second-order valence-corrected chi connectivity index (χ2v) is 3.32. The highest BCUT2D eigenvalue weighted by atomic mass is 16.5. The Hall–Kier alpha value is -0.560. The summed E-state index contributed by atoms with van der Waals surface area (Å²) in [6, 6.07) is 0.0527. The molecule has 0 amide bonds. The summed E-state index contributed by atoms with van der Waals surface area (Å²) in [5.41, 5.74) is 11.1. The molecule has 0 aliphatic heterocycles. The standard InChI is InChI=1S/C11H22N2O/c1-2-3-7-11(13)10-14-9-6-4-5-8-12/h11H,4-10,12-13H2,1H3. The van der Waals surface area contributed by atoms with Gasteiger partial charge in [-0.3, -0.25) is 0 Å². The van der Waals surface area contributed by atoms with Gasteiger partial charge in [0.05, 0.1) is 6.61 Å². The molecule has 0 saturated carbocycles. The zero-order chi connectivity index (χ0) is 10.6. The van der Waals surface area contributed by atoms with E-state index in [9.17, 15) is 0 Å². The van der Waals surface area contributed by atoms with Crippen molar-refractivity contribution < 1.29 is 4.74 Å². The topological polar surface area (TPSA) is 61.3 Å². The van der Waals surface area contributed by atoms with E-state index in [-0.39, 0.29) is 6.04 Å². The third-order valence-electron chi connectivity index (χ3n) is 1.87. The lowest BCUT2D eigenvalue weighted by atomic mass is 10.2. The number of nitrogens with two attached hydrogens (primary N) is 2. The van der Waals surface area contributed by atoms with Gasteiger partial charge >= 0.3 is 0 Å². The normalized spacial score (nSPS) is 11.9. The number of ether oxygens (including phenoxy) is 1. The van der Waals surface area contributed by atoms with Gasteiger partial charge in [-0.1, -0.05) is 0 Å². The van der Waals surface area contributed by atoms with Crippen molar-refractivity contribution in [3.63, 3.8) is 0 Å². The molecule has 0 aromatic carbocycles. The van der Waals surface area contributed by atoms with Crippen molar-refractivity contribution in [2.75, 3.05) is 19.8 Å². The third-order valence-corrected chi connectivity index (χ3v) is 1.87. The summed E-state index contributed by atoms with van der Waals surface area (Å²) in [5, 5.41) is 0. The van der Waals surface area contributed by atoms with Gasteiger partial charge in [-0.25, -0.2) is 0 Å². The smallest absolute Gasteiger partial charge is 0.0626 e. The van der Waals surface area contributed by atoms with Gasteiger partial charge in [0.1, 0.15) is 0 Å². The highest BCUT2D eigenvalue weighted by Crippen LogP contribution is 1.95. The Morgan fingerprint density at radius 1 is 1.29 bits per heavy atom. The molecule has 0 radical (unpaired) electrons. The Labute approximate surface area is 87.2 Å². The lowest BCUT2D eigenvalue weighted by Crippen LogP contribution is -2.25. The molecule has 3 nitrogen and oxygen atoms in total. The molecule has 4 N–H and O–H groups in total. The third kappa shape index (κ3) is 9.53. The fraction of sp³-hybridized carbons (Fsp3) is 0.818. The quantitative estimate of drug-likeness (QED) is 0.449. The monoisotopic (exact) mass is 198 g/mol. The Balaban J connectivity index is 3.13. The maximum Gasteiger partial charge on any atom is 0.0626 e. The molecule has 0 aliphatic carbocycles. The van der Waals surface area contributed by atoms with Crippen LogP contribution in [0.4, 0.5) is 0 Å². The summed E-state index contributed by atoms with van der Waals surface area (Å²) < 4.78 is 5.41. The molecule has 3 heteroatoms. The van der Waals surface area contributed by atoms with Crippen LogP contribution in [-0.2, 0) is 4.74 Å². The molecule has 82 valence electrons. The number of rotatable bonds is 8. The van der Waals surface area contributed by atoms with E-state index >= 15 is 0 Å². The van der Waals surface area contributed by atoms with Crippen LogP contribution in [-0.4, -0.2) is 25.8 Å². The molecule has 0 bridgehead atoms. The molecule has 1 atom stereocenters. The van der Waals surface area contributed by atoms with Gasteiger partial charge in [0, 0.05) is 19.1 Å². The van der Waals surface area contributed by atoms with Crippen LogP contribution in [0.2, 0.25) is 0 Å². The zero-order valence-corrected chi connectivity index (χ0v) is 9.09. The minimum atomic E-state index is 0.0527. The van der Waals surface area contributed by atoms with Crippen molar-refractivity contribution in [3.05, 3.63) is 0 Å². The fourth-order valence-electron chi connectivity index (χ4n) is 1.05. The van der Waals surface area contributed by atoms with Crippen LogP contribution in [0.1, 0.15) is 32.6 Å². The van der Waals surface area contributed by atoms with Crippen LogP contribution in [0, 0.1) is 11.8 Å². The summed E-state index contributed by atoms with van der Waals surface area (Å²) in [6.07, 6.45) is 4.01. The Kier molecular flexibility index (Phi) is 10.1. The maximum absolute atomic E-state index is 5.75. The van der Waals surface area contributed by atoms with Crippen molar-refractivity contribution >= 4 is 0 Å². The summed E-state index contributed by atoms with van der Waals surface area (Å²) in [4.78, 5) is 0. The lowest BCUT2D eigenvalue weighted by Gasteiger charge is -2.08. The number of hydrogen-bond acceptors (Lipinski definition) is 3. The van der Waals surface area contributed by atoms with Crippen LogP contribution < -0.4 is 11.5 Å². The van der Waals surface area contributed by atoms with E-state index < -0.39 is 0 Å². The van der Waals surface area contributed by atoms with E-state index in [0.717, 1.165) is 38.8 Å². The second kappa shape index (κ2) is 10.5. The average molecular weight is 198 g/mol. The summed E-state index contributed by atoms with van der Waals surface area (Å²) in [6.45, 7) is 3.98. The molecule has 0 fully saturated rings. The van der Waals surface area contributed by atoms with Gasteiger partial charge < -0.3 is 16.2 Å². The second-order valence-electron chi connectivity index (χ2n) is 3.32. The predicted molar refractivity (Wildman–Crippen MR) is 59.8 cm³/mol. The molecule has 0 saturated heterocycles. The molecule has 0 aromatic rings. The van der Waals surface area contributed by atoms with E-state index in [1.165, 1.54) is 0 Å². The van der Waals surface area contributed by atoms with Crippen molar-refractivity contribution in [2.45, 2.75) is 38.6 Å². The molecule has 14 heavy (non-hydrogen) atoms. The largest absolute Gasteiger partial charge is 0.380 e. The first-order valence-corrected chi connectivity index (χ1v) is 5.24. The van der Waals surface area contributed by atoms with Crippen LogP contribution in [0.3, 0.4) is 0 Å². The molecule has 0 heterocycles. The highest BCUT2D eigenvalue weighted by Gasteiger charge is 1.99. The van der Waals surface area contributed by atoms with Gasteiger partial charge in [-0.15, -0.1) is 11.8 Å². The zero-order valence-electron chi connectivity index (χ0n) is 9.09. The van der Waals surface area contributed by atoms with E-state index in [2.05, 4.69) is 11.8 Å². The van der Waals surface area contributed by atoms with E-state index in [0.29, 0.717) is 6.61 Å². The van der Waals surface area contributed by atoms with Gasteiger partial charge in [0.2, 0.25) is 0 Å². The van der Waals surface area contributed by atoms with E-state index in [1.807, 2.05) is 6.92 Å². The maximum atomic E-state index is 5.75. The summed E-state index contributed by atoms with van der Waals surface area (Å²) >= 11 is 0. The first-order chi connectivity index (χ1) is 6.81. The SMILES string of the molecule is CC#CCC(N)COCCCCCN. The van der Waals surface area contributed by atoms with Crippen molar-refractivity contribution in [2.24, 2.45) is 11.5 Å². The minimum absolute atomic E-state index is 0.0527. The highest BCUT2D eigenvalue weighted by molar-refractivity contribution is 4.97. The Morgan fingerprint density at radius 2 is 2.07 bits per heavy atom.